The van der Waals surface area contributed by atoms with E-state index in [2.05, 4.69) is 17.2 Å². The zero-order valence-corrected chi connectivity index (χ0v) is 32.2. The molecule has 0 heterocycles. The zero-order valence-electron chi connectivity index (χ0n) is 31.5. The third kappa shape index (κ3) is 15.1. The summed E-state index contributed by atoms with van der Waals surface area (Å²) < 4.78 is 22.4. The molecule has 6 atom stereocenters. The Morgan fingerprint density at radius 3 is 2.26 bits per heavy atom. The molecule has 0 aromatic heterocycles. The lowest BCUT2D eigenvalue weighted by molar-refractivity contribution is -0.175. The molecule has 0 saturated carbocycles. The van der Waals surface area contributed by atoms with Crippen LogP contribution < -0.4 is 21.1 Å². The van der Waals surface area contributed by atoms with E-state index in [9.17, 15) is 24.0 Å². The number of halogens is 1. The number of hydrogen-bond acceptors (Lipinski definition) is 10. The smallest absolute Gasteiger partial charge is 0.347 e. The van der Waals surface area contributed by atoms with Crippen LogP contribution >= 0.6 is 11.6 Å². The average Bonchev–Trinajstić information content (AvgIpc) is 3.14. The summed E-state index contributed by atoms with van der Waals surface area (Å²) in [6, 6.07) is 13.6. The maximum atomic E-state index is 13.6. The number of rotatable bonds is 22. The van der Waals surface area contributed by atoms with E-state index < -0.39 is 54.1 Å². The number of carbonyl (C=O) groups excluding carboxylic acids is 5. The molecule has 0 bridgehead atoms. The summed E-state index contributed by atoms with van der Waals surface area (Å²) in [6.07, 6.45) is 1.77. The fourth-order valence-corrected chi connectivity index (χ4v) is 5.89. The molecule has 13 heteroatoms. The number of amides is 2. The number of nitrogens with one attached hydrogen (secondary N) is 2. The number of benzene rings is 2. The second kappa shape index (κ2) is 23.1. The minimum Gasteiger partial charge on any atom is -0.495 e. The van der Waals surface area contributed by atoms with E-state index in [1.54, 1.807) is 25.1 Å². The molecule has 0 aliphatic carbocycles. The molecule has 2 aromatic carbocycles. The quantitative estimate of drug-likeness (QED) is 0.0823. The molecule has 0 aliphatic heterocycles. The van der Waals surface area contributed by atoms with E-state index in [-0.39, 0.29) is 43.6 Å². The largest absolute Gasteiger partial charge is 0.495 e. The molecule has 0 spiro atoms. The first-order valence-electron chi connectivity index (χ1n) is 17.8. The van der Waals surface area contributed by atoms with Crippen LogP contribution in [0.5, 0.6) is 5.75 Å². The zero-order chi connectivity index (χ0) is 39.5. The Balaban J connectivity index is 2.42. The van der Waals surface area contributed by atoms with Crippen molar-refractivity contribution in [1.29, 1.82) is 0 Å². The third-order valence-electron chi connectivity index (χ3n) is 8.47. The number of ether oxygens (including phenoxy) is 4. The van der Waals surface area contributed by atoms with Crippen LogP contribution in [0.3, 0.4) is 0 Å². The van der Waals surface area contributed by atoms with Gasteiger partial charge in [-0.25, -0.2) is 9.59 Å². The van der Waals surface area contributed by atoms with Crippen LogP contribution in [0.1, 0.15) is 70.9 Å². The van der Waals surface area contributed by atoms with Crippen molar-refractivity contribution >= 4 is 41.3 Å². The molecule has 290 valence electrons. The maximum absolute atomic E-state index is 13.6. The van der Waals surface area contributed by atoms with Gasteiger partial charge in [-0.2, -0.15) is 0 Å². The summed E-state index contributed by atoms with van der Waals surface area (Å²) in [7, 11) is 1.50. The van der Waals surface area contributed by atoms with Crippen molar-refractivity contribution in [3.63, 3.8) is 0 Å². The Labute approximate surface area is 317 Å². The highest BCUT2D eigenvalue weighted by Gasteiger charge is 2.37. The van der Waals surface area contributed by atoms with Gasteiger partial charge in [-0.15, -0.1) is 0 Å². The summed E-state index contributed by atoms with van der Waals surface area (Å²) >= 11 is 6.31. The fraction of sp³-hybridized carbons (Fsp3) is 0.475. The first-order chi connectivity index (χ1) is 25.2. The Bertz CT molecular complexity index is 1550. The third-order valence-corrected chi connectivity index (χ3v) is 8.77. The maximum Gasteiger partial charge on any atom is 0.347 e. The van der Waals surface area contributed by atoms with Crippen molar-refractivity contribution in [2.45, 2.75) is 90.6 Å². The van der Waals surface area contributed by atoms with Crippen LogP contribution in [-0.2, 0) is 44.6 Å². The molecule has 4 N–H and O–H groups in total. The second-order valence-corrected chi connectivity index (χ2v) is 13.5. The van der Waals surface area contributed by atoms with Gasteiger partial charge in [0.15, 0.2) is 6.10 Å². The molecule has 2 rings (SSSR count). The van der Waals surface area contributed by atoms with Crippen LogP contribution in [-0.4, -0.2) is 74.3 Å². The first kappa shape index (κ1) is 44.5. The van der Waals surface area contributed by atoms with E-state index in [1.807, 2.05) is 58.0 Å². The van der Waals surface area contributed by atoms with E-state index in [4.69, 9.17) is 36.3 Å². The van der Waals surface area contributed by atoms with Gasteiger partial charge < -0.3 is 35.3 Å². The molecule has 12 nitrogen and oxygen atoms in total. The fourth-order valence-electron chi connectivity index (χ4n) is 5.61. The molecule has 2 aromatic rings. The van der Waals surface area contributed by atoms with Gasteiger partial charge in [-0.3, -0.25) is 14.4 Å². The van der Waals surface area contributed by atoms with Gasteiger partial charge in [0.05, 0.1) is 18.7 Å². The Hall–Kier alpha value is -4.68. The van der Waals surface area contributed by atoms with E-state index >= 15 is 0 Å². The molecule has 2 amide bonds. The van der Waals surface area contributed by atoms with Crippen molar-refractivity contribution in [2.75, 3.05) is 20.2 Å². The SMILES string of the molecule is C=CC(=O)O[C@@H](CC(C)C)C(=O)O[C@@H](C/C=C/C(=O)N[C@H](Cc1ccc(OC)c(Cl)c1)C(=O)NCCC)[C@H](C)[C@@H](OC(=O)CN)[C@@H](C)c1ccccc1. The lowest BCUT2D eigenvalue weighted by Crippen LogP contribution is -2.47. The Morgan fingerprint density at radius 1 is 0.981 bits per heavy atom. The van der Waals surface area contributed by atoms with Crippen molar-refractivity contribution in [3.8, 4) is 5.75 Å². The van der Waals surface area contributed by atoms with E-state index in [0.29, 0.717) is 29.3 Å². The van der Waals surface area contributed by atoms with Gasteiger partial charge in [0.1, 0.15) is 24.0 Å². The predicted molar refractivity (Wildman–Crippen MR) is 203 cm³/mol. The standard InChI is InChI=1S/C40H54ClN3O9/c1-8-20-43-39(48)31(23-28-18-19-33(50-7)30(41)22-28)44-35(45)17-13-16-32(52-40(49)34(21-25(3)4)51-36(46)9-2)27(6)38(53-37(47)24-42)26(5)29-14-11-10-12-15-29/h9-15,17-19,22,25-27,31-32,34,38H,2,8,16,20-21,23-24,42H2,1,3-7H3,(H,43,48)(H,44,45)/b17-13+/t26-,27-,31+,32-,34-,38-/m0/s1. The van der Waals surface area contributed by atoms with Gasteiger partial charge >= 0.3 is 17.9 Å². The summed E-state index contributed by atoms with van der Waals surface area (Å²) in [6.45, 7) is 12.8. The molecular weight excluding hydrogens is 702 g/mol. The monoisotopic (exact) mass is 755 g/mol. The predicted octanol–water partition coefficient (Wildman–Crippen LogP) is 5.21. The second-order valence-electron chi connectivity index (χ2n) is 13.1. The summed E-state index contributed by atoms with van der Waals surface area (Å²) in [5.41, 5.74) is 7.20. The molecule has 0 radical (unpaired) electrons. The van der Waals surface area contributed by atoms with E-state index in [0.717, 1.165) is 11.6 Å². The minimum absolute atomic E-state index is 0.00308. The van der Waals surface area contributed by atoms with Crippen LogP contribution in [0.15, 0.2) is 73.3 Å². The summed E-state index contributed by atoms with van der Waals surface area (Å²) in [5, 5.41) is 5.95. The normalized spacial score (nSPS) is 14.6. The number of hydrogen-bond donors (Lipinski definition) is 3. The molecule has 53 heavy (non-hydrogen) atoms. The topological polar surface area (TPSA) is 172 Å². The van der Waals surface area contributed by atoms with Gasteiger partial charge in [0, 0.05) is 37.3 Å². The first-order valence-corrected chi connectivity index (χ1v) is 18.2. The Morgan fingerprint density at radius 2 is 1.68 bits per heavy atom. The average molecular weight is 756 g/mol. The molecule has 0 fully saturated rings. The van der Waals surface area contributed by atoms with Crippen LogP contribution in [0.25, 0.3) is 0 Å². The van der Waals surface area contributed by atoms with Crippen molar-refractivity contribution in [1.82, 2.24) is 10.6 Å². The van der Waals surface area contributed by atoms with Crippen molar-refractivity contribution < 1.29 is 42.9 Å². The summed E-state index contributed by atoms with van der Waals surface area (Å²) in [5.74, 6) is -3.71. The molecule has 0 aliphatic rings. The number of esters is 3. The minimum atomic E-state index is -1.23. The van der Waals surface area contributed by atoms with Crippen molar-refractivity contribution in [3.05, 3.63) is 89.5 Å². The number of carbonyl (C=O) groups is 5. The number of methoxy groups -OCH3 is 1. The van der Waals surface area contributed by atoms with Gasteiger partial charge in [0.2, 0.25) is 11.8 Å². The number of nitrogens with two attached hydrogens (primary N) is 1. The highest BCUT2D eigenvalue weighted by atomic mass is 35.5. The van der Waals surface area contributed by atoms with Crippen LogP contribution in [0.2, 0.25) is 5.02 Å². The molecular formula is C40H54ClN3O9. The van der Waals surface area contributed by atoms with Gasteiger partial charge in [-0.1, -0.05) is 95.3 Å². The highest BCUT2D eigenvalue weighted by Crippen LogP contribution is 2.31. The van der Waals surface area contributed by atoms with Crippen molar-refractivity contribution in [2.24, 2.45) is 17.6 Å². The highest BCUT2D eigenvalue weighted by molar-refractivity contribution is 6.32. The molecule has 0 saturated heterocycles. The summed E-state index contributed by atoms with van der Waals surface area (Å²) in [4.78, 5) is 64.7. The van der Waals surface area contributed by atoms with E-state index in [1.165, 1.54) is 19.3 Å². The molecule has 0 unspecified atom stereocenters. The Kier molecular flexibility index (Phi) is 19.4. The lowest BCUT2D eigenvalue weighted by Gasteiger charge is -2.34. The van der Waals surface area contributed by atoms with Gasteiger partial charge in [-0.05, 0) is 48.1 Å². The lowest BCUT2D eigenvalue weighted by atomic mass is 9.84. The van der Waals surface area contributed by atoms with Crippen LogP contribution in [0, 0.1) is 11.8 Å². The van der Waals surface area contributed by atoms with Gasteiger partial charge in [0.25, 0.3) is 0 Å². The van der Waals surface area contributed by atoms with Crippen LogP contribution in [0.4, 0.5) is 0 Å².